The Morgan fingerprint density at radius 2 is 2.12 bits per heavy atom. The molecular formula is C13H23N3O. The molecule has 0 bridgehead atoms. The lowest BCUT2D eigenvalue weighted by molar-refractivity contribution is 0.0451. The van der Waals surface area contributed by atoms with Gasteiger partial charge in [-0.15, -0.1) is 0 Å². The fourth-order valence-electron chi connectivity index (χ4n) is 3.00. The van der Waals surface area contributed by atoms with Crippen molar-refractivity contribution in [3.8, 4) is 0 Å². The van der Waals surface area contributed by atoms with Crippen LogP contribution in [0, 0.1) is 19.8 Å². The second-order valence-electron chi connectivity index (χ2n) is 5.25. The summed E-state index contributed by atoms with van der Waals surface area (Å²) in [5.74, 6) is 2.45. The normalized spacial score (nSPS) is 29.5. The number of aryl methyl sites for hydroxylation is 2. The van der Waals surface area contributed by atoms with E-state index in [1.807, 2.05) is 18.5 Å². The van der Waals surface area contributed by atoms with Gasteiger partial charge in [0.05, 0.1) is 12.1 Å². The zero-order valence-electron chi connectivity index (χ0n) is 11.1. The molecule has 1 fully saturated rings. The third-order valence-electron chi connectivity index (χ3n) is 3.81. The van der Waals surface area contributed by atoms with E-state index in [9.17, 15) is 5.11 Å². The van der Waals surface area contributed by atoms with E-state index in [-0.39, 0.29) is 12.1 Å². The van der Waals surface area contributed by atoms with E-state index < -0.39 is 0 Å². The number of hydrogen-bond donors (Lipinski definition) is 1. The molecule has 0 amide bonds. The van der Waals surface area contributed by atoms with Gasteiger partial charge >= 0.3 is 0 Å². The Bertz CT molecular complexity index is 375. The molecule has 1 aliphatic rings. The van der Waals surface area contributed by atoms with E-state index >= 15 is 0 Å². The highest BCUT2D eigenvalue weighted by atomic mass is 16.3. The van der Waals surface area contributed by atoms with Crippen LogP contribution in [0.25, 0.3) is 0 Å². The standard InChI is InChI=1S/C13H23N3O/c1-4-5-11-6-7-13(17)12(8-11)16-10(3)14-9(2)15-16/h11-13,17H,4-8H2,1-3H3. The summed E-state index contributed by atoms with van der Waals surface area (Å²) in [6.45, 7) is 6.10. The highest BCUT2D eigenvalue weighted by Gasteiger charge is 2.31. The van der Waals surface area contributed by atoms with E-state index in [1.165, 1.54) is 12.8 Å². The molecule has 0 saturated heterocycles. The molecular weight excluding hydrogens is 214 g/mol. The van der Waals surface area contributed by atoms with Crippen molar-refractivity contribution in [1.82, 2.24) is 14.8 Å². The summed E-state index contributed by atoms with van der Waals surface area (Å²) < 4.78 is 1.93. The molecule has 96 valence electrons. The third kappa shape index (κ3) is 2.68. The van der Waals surface area contributed by atoms with Crippen molar-refractivity contribution in [3.05, 3.63) is 11.6 Å². The summed E-state index contributed by atoms with van der Waals surface area (Å²) >= 11 is 0. The van der Waals surface area contributed by atoms with E-state index in [1.54, 1.807) is 0 Å². The van der Waals surface area contributed by atoms with Crippen molar-refractivity contribution in [3.63, 3.8) is 0 Å². The van der Waals surface area contributed by atoms with E-state index in [0.717, 1.165) is 36.8 Å². The minimum Gasteiger partial charge on any atom is -0.391 e. The van der Waals surface area contributed by atoms with Crippen LogP contribution in [0.2, 0.25) is 0 Å². The Hall–Kier alpha value is -0.900. The molecule has 1 heterocycles. The lowest BCUT2D eigenvalue weighted by Gasteiger charge is -2.33. The van der Waals surface area contributed by atoms with Gasteiger partial charge in [0, 0.05) is 0 Å². The quantitative estimate of drug-likeness (QED) is 0.878. The number of aromatic nitrogens is 3. The summed E-state index contributed by atoms with van der Waals surface area (Å²) in [5.41, 5.74) is 0. The fraction of sp³-hybridized carbons (Fsp3) is 0.846. The molecule has 1 saturated carbocycles. The molecule has 4 heteroatoms. The maximum Gasteiger partial charge on any atom is 0.147 e. The molecule has 0 spiro atoms. The van der Waals surface area contributed by atoms with Crippen molar-refractivity contribution >= 4 is 0 Å². The van der Waals surface area contributed by atoms with E-state index in [2.05, 4.69) is 17.0 Å². The van der Waals surface area contributed by atoms with Gasteiger partial charge in [0.2, 0.25) is 0 Å². The highest BCUT2D eigenvalue weighted by Crippen LogP contribution is 2.35. The Morgan fingerprint density at radius 1 is 1.35 bits per heavy atom. The van der Waals surface area contributed by atoms with Crippen LogP contribution in [0.3, 0.4) is 0 Å². The van der Waals surface area contributed by atoms with Crippen LogP contribution >= 0.6 is 0 Å². The van der Waals surface area contributed by atoms with Gasteiger partial charge in [-0.25, -0.2) is 9.67 Å². The summed E-state index contributed by atoms with van der Waals surface area (Å²) in [7, 11) is 0. The van der Waals surface area contributed by atoms with Crippen LogP contribution in [0.1, 0.15) is 56.7 Å². The topological polar surface area (TPSA) is 50.9 Å². The first kappa shape index (κ1) is 12.6. The van der Waals surface area contributed by atoms with E-state index in [4.69, 9.17) is 0 Å². The highest BCUT2D eigenvalue weighted by molar-refractivity contribution is 4.94. The first-order valence-corrected chi connectivity index (χ1v) is 6.69. The first-order chi connectivity index (χ1) is 8.11. The zero-order valence-corrected chi connectivity index (χ0v) is 11.1. The molecule has 0 aromatic carbocycles. The third-order valence-corrected chi connectivity index (χ3v) is 3.81. The first-order valence-electron chi connectivity index (χ1n) is 6.69. The van der Waals surface area contributed by atoms with Crippen molar-refractivity contribution in [1.29, 1.82) is 0 Å². The smallest absolute Gasteiger partial charge is 0.147 e. The van der Waals surface area contributed by atoms with Gasteiger partial charge in [-0.1, -0.05) is 19.8 Å². The SMILES string of the molecule is CCCC1CCC(O)C(n2nc(C)nc2C)C1. The Morgan fingerprint density at radius 3 is 2.71 bits per heavy atom. The van der Waals surface area contributed by atoms with Gasteiger partial charge in [-0.3, -0.25) is 0 Å². The Labute approximate surface area is 103 Å². The van der Waals surface area contributed by atoms with E-state index in [0.29, 0.717) is 0 Å². The lowest BCUT2D eigenvalue weighted by Crippen LogP contribution is -2.32. The van der Waals surface area contributed by atoms with Gasteiger partial charge in [-0.05, 0) is 39.0 Å². The Kier molecular flexibility index (Phi) is 3.82. The minimum atomic E-state index is -0.261. The van der Waals surface area contributed by atoms with Gasteiger partial charge in [0.1, 0.15) is 11.6 Å². The zero-order chi connectivity index (χ0) is 12.4. The monoisotopic (exact) mass is 237 g/mol. The van der Waals surface area contributed by atoms with Gasteiger partial charge in [-0.2, -0.15) is 5.10 Å². The average molecular weight is 237 g/mol. The summed E-state index contributed by atoms with van der Waals surface area (Å²) in [6, 6.07) is 0.126. The van der Waals surface area contributed by atoms with Crippen LogP contribution in [0.15, 0.2) is 0 Å². The van der Waals surface area contributed by atoms with Gasteiger partial charge in [0.25, 0.3) is 0 Å². The van der Waals surface area contributed by atoms with Crippen molar-refractivity contribution in [2.75, 3.05) is 0 Å². The largest absolute Gasteiger partial charge is 0.391 e. The molecule has 4 nitrogen and oxygen atoms in total. The van der Waals surface area contributed by atoms with Crippen LogP contribution in [0.5, 0.6) is 0 Å². The molecule has 0 aliphatic heterocycles. The number of aliphatic hydroxyl groups excluding tert-OH is 1. The van der Waals surface area contributed by atoms with Crippen molar-refractivity contribution < 1.29 is 5.11 Å². The van der Waals surface area contributed by atoms with Crippen molar-refractivity contribution in [2.24, 2.45) is 5.92 Å². The lowest BCUT2D eigenvalue weighted by atomic mass is 9.81. The number of nitrogens with zero attached hydrogens (tertiary/aromatic N) is 3. The Balaban J connectivity index is 2.14. The number of rotatable bonds is 3. The second kappa shape index (κ2) is 5.17. The minimum absolute atomic E-state index is 0.126. The molecule has 2 rings (SSSR count). The molecule has 1 aromatic rings. The van der Waals surface area contributed by atoms with Gasteiger partial charge in [0.15, 0.2) is 0 Å². The molecule has 3 unspecified atom stereocenters. The molecule has 1 N–H and O–H groups in total. The van der Waals surface area contributed by atoms with Gasteiger partial charge < -0.3 is 5.11 Å². The van der Waals surface area contributed by atoms with Crippen molar-refractivity contribution in [2.45, 2.75) is 65.0 Å². The maximum absolute atomic E-state index is 10.2. The average Bonchev–Trinajstić information content (AvgIpc) is 2.61. The molecule has 0 radical (unpaired) electrons. The summed E-state index contributed by atoms with van der Waals surface area (Å²) in [6.07, 6.45) is 5.31. The van der Waals surface area contributed by atoms with Crippen LogP contribution in [-0.2, 0) is 0 Å². The van der Waals surface area contributed by atoms with Crippen LogP contribution in [-0.4, -0.2) is 26.0 Å². The molecule has 1 aliphatic carbocycles. The summed E-state index contributed by atoms with van der Waals surface area (Å²) in [4.78, 5) is 4.33. The molecule has 3 atom stereocenters. The predicted octanol–water partition coefficient (Wildman–Crippen LogP) is 2.40. The maximum atomic E-state index is 10.2. The molecule has 17 heavy (non-hydrogen) atoms. The van der Waals surface area contributed by atoms with Crippen LogP contribution < -0.4 is 0 Å². The number of hydrogen-bond acceptors (Lipinski definition) is 3. The predicted molar refractivity (Wildman–Crippen MR) is 66.8 cm³/mol. The fourth-order valence-corrected chi connectivity index (χ4v) is 3.00. The summed E-state index contributed by atoms with van der Waals surface area (Å²) in [5, 5.41) is 14.6. The molecule has 1 aromatic heterocycles. The second-order valence-corrected chi connectivity index (χ2v) is 5.25. The van der Waals surface area contributed by atoms with Crippen LogP contribution in [0.4, 0.5) is 0 Å². The number of aliphatic hydroxyl groups is 1.